The first-order chi connectivity index (χ1) is 18.3. The number of hydrogen-bond acceptors (Lipinski definition) is 6. The summed E-state index contributed by atoms with van der Waals surface area (Å²) in [5.41, 5.74) is 12.5. The fraction of sp³-hybridized carbons (Fsp3) is 0.259. The van der Waals surface area contributed by atoms with E-state index in [9.17, 15) is 18.8 Å². The number of carbonyl (C=O) groups excluding carboxylic acids is 3. The monoisotopic (exact) mass is 534 g/mol. The number of H-pyrrole nitrogens is 1. The van der Waals surface area contributed by atoms with E-state index in [0.717, 1.165) is 43.0 Å². The Hall–Kier alpha value is -4.25. The molecule has 11 heteroatoms. The van der Waals surface area contributed by atoms with Gasteiger partial charge < -0.3 is 21.8 Å². The molecule has 5 rings (SSSR count). The normalized spacial score (nSPS) is 14.8. The van der Waals surface area contributed by atoms with Gasteiger partial charge in [0.05, 0.1) is 5.69 Å². The fourth-order valence-electron chi connectivity index (χ4n) is 4.99. The minimum atomic E-state index is -1.18. The maximum absolute atomic E-state index is 14.5. The highest BCUT2D eigenvalue weighted by atomic mass is 32.1. The lowest BCUT2D eigenvalue weighted by molar-refractivity contribution is -0.123. The number of amides is 3. The Morgan fingerprint density at radius 3 is 2.58 bits per heavy atom. The molecule has 0 spiro atoms. The summed E-state index contributed by atoms with van der Waals surface area (Å²) in [5, 5.41) is 3.86. The van der Waals surface area contributed by atoms with Gasteiger partial charge in [0.2, 0.25) is 5.91 Å². The van der Waals surface area contributed by atoms with E-state index in [-0.39, 0.29) is 28.0 Å². The summed E-state index contributed by atoms with van der Waals surface area (Å²) >= 11 is 0.705. The van der Waals surface area contributed by atoms with Crippen molar-refractivity contribution in [2.45, 2.75) is 44.2 Å². The predicted molar refractivity (Wildman–Crippen MR) is 144 cm³/mol. The molecule has 2 aromatic carbocycles. The molecule has 1 aliphatic carbocycles. The van der Waals surface area contributed by atoms with Crippen molar-refractivity contribution in [1.82, 2.24) is 14.7 Å². The summed E-state index contributed by atoms with van der Waals surface area (Å²) in [5.74, 6) is -2.57. The molecule has 38 heavy (non-hydrogen) atoms. The van der Waals surface area contributed by atoms with E-state index in [4.69, 9.17) is 11.5 Å². The van der Waals surface area contributed by atoms with E-state index in [1.54, 1.807) is 12.3 Å². The zero-order valence-electron chi connectivity index (χ0n) is 20.4. The first kappa shape index (κ1) is 25.4. The highest BCUT2D eigenvalue weighted by Crippen LogP contribution is 2.36. The van der Waals surface area contributed by atoms with Crippen LogP contribution in [0.5, 0.6) is 0 Å². The standard InChI is InChI=1S/C27H27FN6O3S/c28-15-7-6-10-17(13-15)34(27(37)24-21(29)22(25(30)35)33-38-24)23(26(36)32-16-8-2-1-3-9-16)19-14-31-20-12-5-4-11-18(19)20/h4-7,10-14,16,23,31H,1-3,8-9,29H2,(H2,30,35)(H,32,36)/t23-/m0/s1. The molecule has 1 saturated carbocycles. The number of primary amides is 1. The Labute approximate surface area is 222 Å². The van der Waals surface area contributed by atoms with Gasteiger partial charge in [-0.2, -0.15) is 4.37 Å². The molecule has 0 bridgehead atoms. The number of benzene rings is 2. The summed E-state index contributed by atoms with van der Waals surface area (Å²) in [7, 11) is 0. The molecule has 6 N–H and O–H groups in total. The van der Waals surface area contributed by atoms with Gasteiger partial charge in [0, 0.05) is 34.4 Å². The van der Waals surface area contributed by atoms with Gasteiger partial charge >= 0.3 is 0 Å². The minimum Gasteiger partial charge on any atom is -0.395 e. The molecule has 2 aromatic heterocycles. The van der Waals surface area contributed by atoms with E-state index in [0.29, 0.717) is 17.1 Å². The third kappa shape index (κ3) is 4.84. The average molecular weight is 535 g/mol. The Bertz CT molecular complexity index is 1510. The number of anilines is 2. The number of para-hydroxylation sites is 1. The Balaban J connectivity index is 1.67. The van der Waals surface area contributed by atoms with Crippen LogP contribution in [-0.2, 0) is 4.79 Å². The number of nitrogens with two attached hydrogens (primary N) is 2. The lowest BCUT2D eigenvalue weighted by Crippen LogP contribution is -2.47. The topological polar surface area (TPSA) is 147 Å². The second-order valence-electron chi connectivity index (χ2n) is 9.33. The summed E-state index contributed by atoms with van der Waals surface area (Å²) in [6, 6.07) is 11.6. The summed E-state index contributed by atoms with van der Waals surface area (Å²) in [6.45, 7) is 0. The molecule has 1 aliphatic rings. The lowest BCUT2D eigenvalue weighted by atomic mass is 9.94. The van der Waals surface area contributed by atoms with Crippen LogP contribution in [0.2, 0.25) is 0 Å². The molecule has 4 aromatic rings. The number of nitrogens with one attached hydrogen (secondary N) is 2. The molecule has 196 valence electrons. The van der Waals surface area contributed by atoms with Crippen molar-refractivity contribution >= 4 is 51.5 Å². The number of fused-ring (bicyclic) bond motifs is 1. The predicted octanol–water partition coefficient (Wildman–Crippen LogP) is 4.28. The molecule has 2 heterocycles. The van der Waals surface area contributed by atoms with E-state index < -0.39 is 29.6 Å². The van der Waals surface area contributed by atoms with Crippen LogP contribution in [0.1, 0.15) is 63.9 Å². The minimum absolute atomic E-state index is 0.0386. The maximum atomic E-state index is 14.5. The van der Waals surface area contributed by atoms with Crippen molar-refractivity contribution in [3.05, 3.63) is 76.7 Å². The van der Waals surface area contributed by atoms with Crippen LogP contribution in [0.3, 0.4) is 0 Å². The number of aromatic nitrogens is 2. The van der Waals surface area contributed by atoms with E-state index in [1.165, 1.54) is 23.1 Å². The van der Waals surface area contributed by atoms with E-state index in [2.05, 4.69) is 14.7 Å². The zero-order chi connectivity index (χ0) is 26.8. The van der Waals surface area contributed by atoms with Crippen LogP contribution in [-0.4, -0.2) is 33.1 Å². The Morgan fingerprint density at radius 2 is 1.87 bits per heavy atom. The molecule has 0 saturated heterocycles. The first-order valence-corrected chi connectivity index (χ1v) is 13.1. The molecule has 0 radical (unpaired) electrons. The fourth-order valence-corrected chi connectivity index (χ4v) is 5.74. The van der Waals surface area contributed by atoms with E-state index in [1.807, 2.05) is 24.3 Å². The molecule has 1 atom stereocenters. The number of hydrogen-bond donors (Lipinski definition) is 4. The number of nitrogen functional groups attached to an aromatic ring is 1. The van der Waals surface area contributed by atoms with Gasteiger partial charge in [0.25, 0.3) is 11.8 Å². The molecule has 1 fully saturated rings. The lowest BCUT2D eigenvalue weighted by Gasteiger charge is -2.33. The zero-order valence-corrected chi connectivity index (χ0v) is 21.3. The smallest absolute Gasteiger partial charge is 0.273 e. The van der Waals surface area contributed by atoms with Crippen molar-refractivity contribution in [2.75, 3.05) is 10.6 Å². The highest BCUT2D eigenvalue weighted by molar-refractivity contribution is 7.09. The number of nitrogens with zero attached hydrogens (tertiary/aromatic N) is 2. The van der Waals surface area contributed by atoms with Gasteiger partial charge in [-0.15, -0.1) is 0 Å². The number of aromatic amines is 1. The Kier molecular flexibility index (Phi) is 7.10. The average Bonchev–Trinajstić information content (AvgIpc) is 3.51. The van der Waals surface area contributed by atoms with Crippen LogP contribution >= 0.6 is 11.5 Å². The first-order valence-electron chi connectivity index (χ1n) is 12.4. The number of halogens is 1. The maximum Gasteiger partial charge on any atom is 0.273 e. The summed E-state index contributed by atoms with van der Waals surface area (Å²) < 4.78 is 18.4. The molecule has 0 aliphatic heterocycles. The van der Waals surface area contributed by atoms with Gasteiger partial charge in [-0.25, -0.2) is 4.39 Å². The van der Waals surface area contributed by atoms with Crippen molar-refractivity contribution in [2.24, 2.45) is 5.73 Å². The van der Waals surface area contributed by atoms with E-state index >= 15 is 0 Å². The quantitative estimate of drug-likeness (QED) is 0.279. The van der Waals surface area contributed by atoms with Crippen LogP contribution in [0, 0.1) is 5.82 Å². The van der Waals surface area contributed by atoms with Crippen LogP contribution in [0.25, 0.3) is 10.9 Å². The van der Waals surface area contributed by atoms with Crippen LogP contribution in [0.15, 0.2) is 54.7 Å². The van der Waals surface area contributed by atoms with Crippen molar-refractivity contribution < 1.29 is 18.8 Å². The third-order valence-corrected chi connectivity index (χ3v) is 7.69. The van der Waals surface area contributed by atoms with Gasteiger partial charge in [-0.1, -0.05) is 43.5 Å². The summed E-state index contributed by atoms with van der Waals surface area (Å²) in [6.07, 6.45) is 6.47. The van der Waals surface area contributed by atoms with Crippen molar-refractivity contribution in [3.8, 4) is 0 Å². The molecule has 3 amide bonds. The van der Waals surface area contributed by atoms with Crippen LogP contribution in [0.4, 0.5) is 15.8 Å². The highest BCUT2D eigenvalue weighted by Gasteiger charge is 2.38. The molecular formula is C27H27FN6O3S. The van der Waals surface area contributed by atoms with Gasteiger partial charge in [0.15, 0.2) is 5.69 Å². The third-order valence-electron chi connectivity index (χ3n) is 6.83. The number of carbonyl (C=O) groups is 3. The second kappa shape index (κ2) is 10.6. The van der Waals surface area contributed by atoms with Crippen molar-refractivity contribution in [3.63, 3.8) is 0 Å². The molecule has 9 nitrogen and oxygen atoms in total. The van der Waals surface area contributed by atoms with Gasteiger partial charge in [-0.05, 0) is 48.6 Å². The van der Waals surface area contributed by atoms with Crippen molar-refractivity contribution in [1.29, 1.82) is 0 Å². The second-order valence-corrected chi connectivity index (χ2v) is 10.1. The van der Waals surface area contributed by atoms with Gasteiger partial charge in [0.1, 0.15) is 16.7 Å². The van der Waals surface area contributed by atoms with Gasteiger partial charge in [-0.3, -0.25) is 19.3 Å². The summed E-state index contributed by atoms with van der Waals surface area (Å²) in [4.78, 5) is 44.3. The largest absolute Gasteiger partial charge is 0.395 e. The molecular weight excluding hydrogens is 507 g/mol. The Morgan fingerprint density at radius 1 is 1.11 bits per heavy atom. The SMILES string of the molecule is NC(=O)c1nsc(C(=O)N(c2cccc(F)c2)[C@H](C(=O)NC2CCCCC2)c2c[nH]c3ccccc23)c1N. The van der Waals surface area contributed by atoms with Crippen LogP contribution < -0.4 is 21.7 Å². The number of rotatable bonds is 7. The molecule has 0 unspecified atom stereocenters.